The van der Waals surface area contributed by atoms with Crippen LogP contribution in [-0.4, -0.2) is 15.5 Å². The third-order valence-corrected chi connectivity index (χ3v) is 5.01. The van der Waals surface area contributed by atoms with Crippen LogP contribution in [0.5, 0.6) is 0 Å². The smallest absolute Gasteiger partial charge is 0.226 e. The molecular formula is C22H24N4O. The van der Waals surface area contributed by atoms with Gasteiger partial charge in [-0.1, -0.05) is 42.5 Å². The van der Waals surface area contributed by atoms with Crippen LogP contribution in [0, 0.1) is 0 Å². The molecule has 27 heavy (non-hydrogen) atoms. The Labute approximate surface area is 159 Å². The van der Waals surface area contributed by atoms with Crippen molar-refractivity contribution >= 4 is 11.6 Å². The number of fused-ring (bicyclic) bond motifs is 1. The summed E-state index contributed by atoms with van der Waals surface area (Å²) >= 11 is 0. The summed E-state index contributed by atoms with van der Waals surface area (Å²) in [6.45, 7) is 1.05. The van der Waals surface area contributed by atoms with Crippen molar-refractivity contribution in [1.29, 1.82) is 0 Å². The number of aromatic nitrogens is 2. The second kappa shape index (κ2) is 7.76. The van der Waals surface area contributed by atoms with E-state index in [9.17, 15) is 4.79 Å². The average Bonchev–Trinajstić information content (AvgIpc) is 3.13. The van der Waals surface area contributed by atoms with E-state index in [0.717, 1.165) is 35.5 Å². The van der Waals surface area contributed by atoms with E-state index in [4.69, 9.17) is 10.7 Å². The zero-order valence-corrected chi connectivity index (χ0v) is 15.3. The Morgan fingerprint density at radius 3 is 2.63 bits per heavy atom. The largest absolute Gasteiger partial charge is 0.334 e. The van der Waals surface area contributed by atoms with Gasteiger partial charge in [0.05, 0.1) is 5.69 Å². The van der Waals surface area contributed by atoms with Gasteiger partial charge in [0.25, 0.3) is 0 Å². The second-order valence-electron chi connectivity index (χ2n) is 7.04. The molecule has 4 rings (SSSR count). The predicted molar refractivity (Wildman–Crippen MR) is 107 cm³/mol. The van der Waals surface area contributed by atoms with Crippen molar-refractivity contribution in [2.45, 2.75) is 38.3 Å². The fourth-order valence-corrected chi connectivity index (χ4v) is 3.51. The summed E-state index contributed by atoms with van der Waals surface area (Å²) in [5.41, 5.74) is 9.92. The minimum Gasteiger partial charge on any atom is -0.334 e. The van der Waals surface area contributed by atoms with Crippen molar-refractivity contribution < 1.29 is 4.79 Å². The molecule has 0 bridgehead atoms. The van der Waals surface area contributed by atoms with Gasteiger partial charge in [0.15, 0.2) is 0 Å². The molecule has 0 spiro atoms. The lowest BCUT2D eigenvalue weighted by Crippen LogP contribution is -2.20. The van der Waals surface area contributed by atoms with Crippen LogP contribution in [0.15, 0.2) is 60.8 Å². The van der Waals surface area contributed by atoms with Crippen LogP contribution < -0.4 is 11.1 Å². The number of rotatable bonds is 5. The van der Waals surface area contributed by atoms with Gasteiger partial charge in [-0.25, -0.2) is 4.98 Å². The van der Waals surface area contributed by atoms with Crippen LogP contribution >= 0.6 is 0 Å². The van der Waals surface area contributed by atoms with Gasteiger partial charge >= 0.3 is 0 Å². The van der Waals surface area contributed by atoms with Crippen molar-refractivity contribution in [1.82, 2.24) is 9.55 Å². The Morgan fingerprint density at radius 2 is 1.89 bits per heavy atom. The number of carbonyl (C=O) groups is 1. The molecule has 3 N–H and O–H groups in total. The summed E-state index contributed by atoms with van der Waals surface area (Å²) in [4.78, 5) is 17.0. The topological polar surface area (TPSA) is 72.9 Å². The van der Waals surface area contributed by atoms with Gasteiger partial charge in [-0.15, -0.1) is 0 Å². The summed E-state index contributed by atoms with van der Waals surface area (Å²) in [5.74, 6) is 1.08. The van der Waals surface area contributed by atoms with Crippen LogP contribution in [-0.2, 0) is 17.8 Å². The summed E-state index contributed by atoms with van der Waals surface area (Å²) in [6, 6.07) is 17.2. The maximum atomic E-state index is 12.3. The van der Waals surface area contributed by atoms with E-state index in [-0.39, 0.29) is 18.4 Å². The first-order valence-corrected chi connectivity index (χ1v) is 9.46. The number of carbonyl (C=O) groups excluding carboxylic acids is 1. The van der Waals surface area contributed by atoms with E-state index in [1.165, 1.54) is 18.7 Å². The third kappa shape index (κ3) is 4.09. The molecule has 5 heteroatoms. The molecule has 0 fully saturated rings. The Bertz CT molecular complexity index is 892. The Balaban J connectivity index is 1.39. The molecule has 0 saturated heterocycles. The van der Waals surface area contributed by atoms with Crippen molar-refractivity contribution in [2.24, 2.45) is 5.73 Å². The number of nitrogens with two attached hydrogens (primary N) is 1. The van der Waals surface area contributed by atoms with Gasteiger partial charge in [-0.05, 0) is 30.5 Å². The molecule has 0 aliphatic carbocycles. The molecule has 138 valence electrons. The highest BCUT2D eigenvalue weighted by Crippen LogP contribution is 2.24. The highest BCUT2D eigenvalue weighted by Gasteiger charge is 2.14. The average molecular weight is 360 g/mol. The number of anilines is 1. The highest BCUT2D eigenvalue weighted by molar-refractivity contribution is 5.91. The quantitative estimate of drug-likeness (QED) is 0.724. The number of nitrogens with zero attached hydrogens (tertiary/aromatic N) is 2. The molecule has 5 nitrogen and oxygen atoms in total. The van der Waals surface area contributed by atoms with Gasteiger partial charge in [-0.2, -0.15) is 0 Å². The molecule has 1 amide bonds. The van der Waals surface area contributed by atoms with Gasteiger partial charge in [-0.3, -0.25) is 4.79 Å². The molecule has 1 aliphatic heterocycles. The molecular weight excluding hydrogens is 336 g/mol. The minimum atomic E-state index is -0.303. The van der Waals surface area contributed by atoms with Crippen LogP contribution in [0.2, 0.25) is 0 Å². The van der Waals surface area contributed by atoms with Crippen molar-refractivity contribution in [3.8, 4) is 11.3 Å². The molecule has 2 heterocycles. The maximum absolute atomic E-state index is 12.3. The number of benzene rings is 2. The zero-order chi connectivity index (χ0) is 18.6. The van der Waals surface area contributed by atoms with E-state index in [1.807, 2.05) is 54.6 Å². The lowest BCUT2D eigenvalue weighted by atomic mass is 10.0. The zero-order valence-electron chi connectivity index (χ0n) is 15.3. The van der Waals surface area contributed by atoms with Gasteiger partial charge in [0.1, 0.15) is 5.82 Å². The van der Waals surface area contributed by atoms with Crippen LogP contribution in [0.3, 0.4) is 0 Å². The molecule has 1 aliphatic rings. The number of nitrogens with one attached hydrogen (secondary N) is 1. The molecule has 1 aromatic heterocycles. The van der Waals surface area contributed by atoms with E-state index in [1.54, 1.807) is 0 Å². The summed E-state index contributed by atoms with van der Waals surface area (Å²) in [6.07, 6.45) is 5.86. The molecule has 0 radical (unpaired) electrons. The van der Waals surface area contributed by atoms with Crippen molar-refractivity contribution in [3.63, 3.8) is 0 Å². The van der Waals surface area contributed by atoms with E-state index >= 15 is 0 Å². The van der Waals surface area contributed by atoms with Crippen LogP contribution in [0.25, 0.3) is 11.3 Å². The second-order valence-corrected chi connectivity index (χ2v) is 7.04. The first-order chi connectivity index (χ1) is 13.2. The van der Waals surface area contributed by atoms with E-state index < -0.39 is 0 Å². The maximum Gasteiger partial charge on any atom is 0.226 e. The number of imidazole rings is 1. The lowest BCUT2D eigenvalue weighted by Gasteiger charge is -2.12. The van der Waals surface area contributed by atoms with Crippen LogP contribution in [0.1, 0.15) is 36.7 Å². The van der Waals surface area contributed by atoms with E-state index in [0.29, 0.717) is 0 Å². The normalized spacial score (nSPS) is 14.4. The Hall–Kier alpha value is -2.92. The number of hydrogen-bond acceptors (Lipinski definition) is 3. The fraction of sp³-hybridized carbons (Fsp3) is 0.273. The highest BCUT2D eigenvalue weighted by atomic mass is 16.1. The van der Waals surface area contributed by atoms with Crippen LogP contribution in [0.4, 0.5) is 5.69 Å². The first kappa shape index (κ1) is 17.5. The monoisotopic (exact) mass is 360 g/mol. The molecule has 1 unspecified atom stereocenters. The van der Waals surface area contributed by atoms with E-state index in [2.05, 4.69) is 16.1 Å². The number of amides is 1. The predicted octanol–water partition coefficient (Wildman–Crippen LogP) is 3.92. The first-order valence-electron chi connectivity index (χ1n) is 9.46. The Morgan fingerprint density at radius 1 is 1.11 bits per heavy atom. The number of aryl methyl sites for hydroxylation is 2. The summed E-state index contributed by atoms with van der Waals surface area (Å²) in [7, 11) is 0. The van der Waals surface area contributed by atoms with Crippen molar-refractivity contribution in [2.75, 3.05) is 5.32 Å². The molecule has 2 aromatic carbocycles. The van der Waals surface area contributed by atoms with Gasteiger partial charge < -0.3 is 15.6 Å². The van der Waals surface area contributed by atoms with Gasteiger partial charge in [0.2, 0.25) is 5.91 Å². The fourth-order valence-electron chi connectivity index (χ4n) is 3.51. The van der Waals surface area contributed by atoms with Crippen molar-refractivity contribution in [3.05, 3.63) is 72.2 Å². The Kier molecular flexibility index (Phi) is 5.03. The minimum absolute atomic E-state index is 0.0865. The lowest BCUT2D eigenvalue weighted by molar-refractivity contribution is -0.116. The third-order valence-electron chi connectivity index (χ3n) is 5.01. The summed E-state index contributed by atoms with van der Waals surface area (Å²) in [5, 5.41) is 2.93. The molecule has 3 aromatic rings. The molecule has 1 atom stereocenters. The standard InChI is InChI=1S/C22H24N4O/c23-19(16-6-2-1-3-7-16)14-22(27)24-18-11-9-17(10-12-18)20-15-26-13-5-4-8-21(26)25-20/h1-3,6-7,9-12,15,19H,4-5,8,13-14,23H2,(H,24,27). The SMILES string of the molecule is NC(CC(=O)Nc1ccc(-c2cn3c(n2)CCCC3)cc1)c1ccccc1. The summed E-state index contributed by atoms with van der Waals surface area (Å²) < 4.78 is 2.25. The molecule has 0 saturated carbocycles. The van der Waals surface area contributed by atoms with Gasteiger partial charge in [0, 0.05) is 42.9 Å². The number of hydrogen-bond donors (Lipinski definition) is 2.